The van der Waals surface area contributed by atoms with Crippen LogP contribution in [-0.2, 0) is 9.84 Å². The van der Waals surface area contributed by atoms with E-state index >= 15 is 0 Å². The second-order valence-corrected chi connectivity index (χ2v) is 8.61. The van der Waals surface area contributed by atoms with E-state index in [9.17, 15) is 8.42 Å². The van der Waals surface area contributed by atoms with E-state index in [1.54, 1.807) is 30.3 Å². The van der Waals surface area contributed by atoms with E-state index < -0.39 is 20.6 Å². The maximum Gasteiger partial charge on any atom is 0.183 e. The van der Waals surface area contributed by atoms with E-state index in [0.717, 1.165) is 10.0 Å². The number of benzene rings is 2. The van der Waals surface area contributed by atoms with Crippen molar-refractivity contribution < 1.29 is 8.42 Å². The van der Waals surface area contributed by atoms with E-state index in [-0.39, 0.29) is 12.5 Å². The van der Waals surface area contributed by atoms with Crippen molar-refractivity contribution in [3.05, 3.63) is 64.6 Å². The van der Waals surface area contributed by atoms with Crippen molar-refractivity contribution in [3.63, 3.8) is 0 Å². The van der Waals surface area contributed by atoms with Crippen LogP contribution >= 0.6 is 15.9 Å². The molecule has 116 valence electrons. The molecule has 4 N–H and O–H groups in total. The Balaban J connectivity index is 2.02. The molecule has 2 aromatic carbocycles. The van der Waals surface area contributed by atoms with Gasteiger partial charge in [-0.25, -0.2) is 8.42 Å². The van der Waals surface area contributed by atoms with Crippen molar-refractivity contribution in [1.82, 2.24) is 0 Å². The summed E-state index contributed by atoms with van der Waals surface area (Å²) in [5.74, 6) is -0.282. The van der Waals surface area contributed by atoms with Crippen molar-refractivity contribution in [2.75, 3.05) is 6.54 Å². The van der Waals surface area contributed by atoms with Crippen LogP contribution in [0.5, 0.6) is 0 Å². The van der Waals surface area contributed by atoms with Crippen molar-refractivity contribution in [2.24, 2.45) is 11.5 Å². The summed E-state index contributed by atoms with van der Waals surface area (Å²) in [7, 11) is -3.51. The van der Waals surface area contributed by atoms with Gasteiger partial charge in [-0.3, -0.25) is 0 Å². The average Bonchev–Trinajstić information content (AvgIpc) is 3.17. The zero-order valence-electron chi connectivity index (χ0n) is 11.8. The quantitative estimate of drug-likeness (QED) is 0.849. The Bertz CT molecular complexity index is 778. The van der Waals surface area contributed by atoms with Gasteiger partial charge in [-0.1, -0.05) is 46.3 Å². The molecule has 0 aromatic heterocycles. The molecular formula is C16H17BrN2O2S. The smallest absolute Gasteiger partial charge is 0.183 e. The predicted octanol–water partition coefficient (Wildman–Crippen LogP) is 2.05. The second kappa shape index (κ2) is 5.45. The molecule has 0 bridgehead atoms. The molecule has 22 heavy (non-hydrogen) atoms. The summed E-state index contributed by atoms with van der Waals surface area (Å²) < 4.78 is 26.7. The Morgan fingerprint density at radius 2 is 1.64 bits per heavy atom. The fourth-order valence-corrected chi connectivity index (χ4v) is 5.65. The van der Waals surface area contributed by atoms with Gasteiger partial charge in [0.1, 0.15) is 0 Å². The molecule has 1 fully saturated rings. The predicted molar refractivity (Wildman–Crippen MR) is 90.3 cm³/mol. The van der Waals surface area contributed by atoms with Crippen molar-refractivity contribution in [1.29, 1.82) is 0 Å². The maximum absolute atomic E-state index is 12.9. The van der Waals surface area contributed by atoms with Crippen LogP contribution in [-0.4, -0.2) is 25.8 Å². The first kappa shape index (κ1) is 15.7. The molecule has 3 atom stereocenters. The van der Waals surface area contributed by atoms with Gasteiger partial charge in [0.15, 0.2) is 9.84 Å². The molecule has 0 radical (unpaired) electrons. The number of hydrogen-bond acceptors (Lipinski definition) is 4. The normalized spacial score (nSPS) is 27.6. The van der Waals surface area contributed by atoms with Crippen LogP contribution in [0.3, 0.4) is 0 Å². The van der Waals surface area contributed by atoms with Gasteiger partial charge in [0.25, 0.3) is 0 Å². The van der Waals surface area contributed by atoms with Crippen LogP contribution < -0.4 is 11.5 Å². The molecule has 0 heterocycles. The highest BCUT2D eigenvalue weighted by molar-refractivity contribution is 9.10. The van der Waals surface area contributed by atoms with Gasteiger partial charge < -0.3 is 11.5 Å². The second-order valence-electron chi connectivity index (χ2n) is 5.62. The Hall–Kier alpha value is -1.21. The van der Waals surface area contributed by atoms with Crippen LogP contribution in [0.15, 0.2) is 64.0 Å². The van der Waals surface area contributed by atoms with E-state index in [1.807, 2.05) is 24.3 Å². The van der Waals surface area contributed by atoms with Gasteiger partial charge in [-0.15, -0.1) is 0 Å². The zero-order chi connectivity index (χ0) is 16.0. The summed E-state index contributed by atoms with van der Waals surface area (Å²) >= 11 is 3.38. The van der Waals surface area contributed by atoms with Gasteiger partial charge in [0.05, 0.1) is 15.7 Å². The molecule has 0 amide bonds. The van der Waals surface area contributed by atoms with Crippen LogP contribution in [0.2, 0.25) is 0 Å². The summed E-state index contributed by atoms with van der Waals surface area (Å²) in [6.45, 7) is 0.129. The van der Waals surface area contributed by atoms with E-state index in [2.05, 4.69) is 15.9 Å². The zero-order valence-corrected chi connectivity index (χ0v) is 14.2. The topological polar surface area (TPSA) is 86.2 Å². The third kappa shape index (κ3) is 2.40. The molecule has 1 saturated carbocycles. The van der Waals surface area contributed by atoms with Crippen LogP contribution in [0, 0.1) is 0 Å². The van der Waals surface area contributed by atoms with Gasteiger partial charge in [-0.2, -0.15) is 0 Å². The van der Waals surface area contributed by atoms with Crippen LogP contribution in [0.4, 0.5) is 0 Å². The molecule has 4 nitrogen and oxygen atoms in total. The first-order valence-electron chi connectivity index (χ1n) is 6.94. The van der Waals surface area contributed by atoms with Gasteiger partial charge in [0.2, 0.25) is 0 Å². The number of sulfone groups is 1. The fourth-order valence-electron chi connectivity index (χ4n) is 3.05. The minimum absolute atomic E-state index is 0.129. The lowest BCUT2D eigenvalue weighted by Gasteiger charge is -2.08. The minimum Gasteiger partial charge on any atom is -0.329 e. The van der Waals surface area contributed by atoms with Crippen LogP contribution in [0.25, 0.3) is 0 Å². The summed E-state index contributed by atoms with van der Waals surface area (Å²) in [4.78, 5) is 0.294. The molecule has 1 aliphatic rings. The molecule has 0 saturated heterocycles. The molecule has 0 spiro atoms. The lowest BCUT2D eigenvalue weighted by atomic mass is 10.1. The minimum atomic E-state index is -3.51. The highest BCUT2D eigenvalue weighted by Gasteiger charge is 2.68. The Kier molecular flexibility index (Phi) is 3.89. The third-order valence-corrected chi connectivity index (χ3v) is 7.13. The fraction of sp³-hybridized carbons (Fsp3) is 0.250. The lowest BCUT2D eigenvalue weighted by Crippen LogP contribution is -2.39. The molecule has 6 heteroatoms. The molecule has 1 aliphatic carbocycles. The largest absolute Gasteiger partial charge is 0.329 e. The monoisotopic (exact) mass is 380 g/mol. The first-order valence-corrected chi connectivity index (χ1v) is 9.28. The Morgan fingerprint density at radius 3 is 2.18 bits per heavy atom. The van der Waals surface area contributed by atoms with E-state index in [4.69, 9.17) is 11.5 Å². The Morgan fingerprint density at radius 1 is 1.05 bits per heavy atom. The van der Waals surface area contributed by atoms with E-state index in [0.29, 0.717) is 4.90 Å². The summed E-state index contributed by atoms with van der Waals surface area (Å²) in [6.07, 6.45) is 0. The standard InChI is InChI=1S/C16H17BrN2O2S/c17-12-8-6-11(7-9-12)14-15(16(14,19)10-18)22(20,21)13-4-2-1-3-5-13/h1-9,14-15H,10,18-19H2/t14-,15-,16+/m0/s1. The average molecular weight is 381 g/mol. The molecule has 3 rings (SSSR count). The summed E-state index contributed by atoms with van der Waals surface area (Å²) in [5.41, 5.74) is 12.1. The van der Waals surface area contributed by atoms with Crippen molar-refractivity contribution >= 4 is 25.8 Å². The lowest BCUT2D eigenvalue weighted by molar-refractivity contribution is 0.586. The molecule has 0 aliphatic heterocycles. The molecular weight excluding hydrogens is 364 g/mol. The van der Waals surface area contributed by atoms with Crippen molar-refractivity contribution in [2.45, 2.75) is 21.6 Å². The van der Waals surface area contributed by atoms with Crippen molar-refractivity contribution in [3.8, 4) is 0 Å². The summed E-state index contributed by atoms with van der Waals surface area (Å²) in [5, 5.41) is -0.687. The maximum atomic E-state index is 12.9. The Labute approximate surface area is 138 Å². The third-order valence-electron chi connectivity index (χ3n) is 4.29. The molecule has 0 unspecified atom stereocenters. The number of halogens is 1. The van der Waals surface area contributed by atoms with Gasteiger partial charge >= 0.3 is 0 Å². The SMILES string of the molecule is NC[C@@]1(N)[C@@H](c2ccc(Br)cc2)[C@@H]1S(=O)(=O)c1ccccc1. The summed E-state index contributed by atoms with van der Waals surface area (Å²) in [6, 6.07) is 16.0. The van der Waals surface area contributed by atoms with Gasteiger partial charge in [-0.05, 0) is 29.8 Å². The highest BCUT2D eigenvalue weighted by Crippen LogP contribution is 2.55. The number of hydrogen-bond donors (Lipinski definition) is 2. The van der Waals surface area contributed by atoms with Gasteiger partial charge in [0, 0.05) is 16.9 Å². The highest BCUT2D eigenvalue weighted by atomic mass is 79.9. The first-order chi connectivity index (χ1) is 10.4. The number of rotatable bonds is 4. The van der Waals surface area contributed by atoms with Crippen LogP contribution in [0.1, 0.15) is 11.5 Å². The van der Waals surface area contributed by atoms with E-state index in [1.165, 1.54) is 0 Å². The molecule has 2 aromatic rings. The number of nitrogens with two attached hydrogens (primary N) is 2.